The van der Waals surface area contributed by atoms with E-state index >= 15 is 0 Å². The smallest absolute Gasteiger partial charge is 0.231 e. The zero-order valence-electron chi connectivity index (χ0n) is 14.9. The van der Waals surface area contributed by atoms with Gasteiger partial charge >= 0.3 is 0 Å². The Morgan fingerprint density at radius 3 is 2.56 bits per heavy atom. The van der Waals surface area contributed by atoms with Crippen LogP contribution in [0.1, 0.15) is 43.7 Å². The Kier molecular flexibility index (Phi) is 4.60. The summed E-state index contributed by atoms with van der Waals surface area (Å²) in [6, 6.07) is 7.93. The van der Waals surface area contributed by atoms with Crippen molar-refractivity contribution in [1.82, 2.24) is 10.2 Å². The first kappa shape index (κ1) is 17.5. The highest BCUT2D eigenvalue weighted by molar-refractivity contribution is 7.15. The van der Waals surface area contributed by atoms with Crippen LogP contribution in [0.15, 0.2) is 24.3 Å². The van der Waals surface area contributed by atoms with Crippen LogP contribution in [0.2, 0.25) is 0 Å². The molecule has 6 nitrogen and oxygen atoms in total. The van der Waals surface area contributed by atoms with Crippen LogP contribution in [0.5, 0.6) is 0 Å². The number of hydrogen-bond acceptors (Lipinski definition) is 5. The second-order valence-corrected chi connectivity index (χ2v) is 8.40. The van der Waals surface area contributed by atoms with E-state index < -0.39 is 5.41 Å². The summed E-state index contributed by atoms with van der Waals surface area (Å²) in [6.45, 7) is 8.15. The minimum absolute atomic E-state index is 0.00610. The lowest BCUT2D eigenvalue weighted by molar-refractivity contribution is -0.123. The Balaban J connectivity index is 1.70. The van der Waals surface area contributed by atoms with Gasteiger partial charge in [-0.3, -0.25) is 9.59 Å². The molecule has 1 unspecified atom stereocenters. The molecule has 1 aromatic carbocycles. The van der Waals surface area contributed by atoms with Crippen molar-refractivity contribution in [1.29, 1.82) is 0 Å². The van der Waals surface area contributed by atoms with Gasteiger partial charge in [0, 0.05) is 30.0 Å². The fraction of sp³-hybridized carbons (Fsp3) is 0.444. The van der Waals surface area contributed by atoms with Crippen LogP contribution in [-0.4, -0.2) is 28.6 Å². The molecule has 0 saturated carbocycles. The molecule has 1 aliphatic heterocycles. The van der Waals surface area contributed by atoms with E-state index in [9.17, 15) is 9.59 Å². The number of rotatable bonds is 3. The zero-order valence-corrected chi connectivity index (χ0v) is 15.7. The highest BCUT2D eigenvalue weighted by atomic mass is 32.1. The Bertz CT molecular complexity index is 792. The Hall–Kier alpha value is -2.28. The largest absolute Gasteiger partial charge is 0.312 e. The number of aryl methyl sites for hydroxylation is 1. The number of anilines is 2. The second kappa shape index (κ2) is 6.55. The molecule has 0 bridgehead atoms. The molecule has 1 aromatic heterocycles. The van der Waals surface area contributed by atoms with Crippen LogP contribution in [0.3, 0.4) is 0 Å². The third-order valence-corrected chi connectivity index (χ3v) is 5.16. The van der Waals surface area contributed by atoms with Crippen molar-refractivity contribution in [3.05, 3.63) is 34.8 Å². The summed E-state index contributed by atoms with van der Waals surface area (Å²) in [6.07, 6.45) is 0.412. The fourth-order valence-corrected chi connectivity index (χ4v) is 3.41. The average Bonchev–Trinajstić information content (AvgIpc) is 3.14. The van der Waals surface area contributed by atoms with Gasteiger partial charge in [-0.05, 0) is 19.1 Å². The van der Waals surface area contributed by atoms with Gasteiger partial charge in [-0.25, -0.2) is 0 Å². The molecule has 7 heteroatoms. The highest BCUT2D eigenvalue weighted by Gasteiger charge is 2.34. The molecule has 0 aliphatic carbocycles. The quantitative estimate of drug-likeness (QED) is 0.913. The first-order chi connectivity index (χ1) is 11.7. The summed E-state index contributed by atoms with van der Waals surface area (Å²) < 4.78 is 0. The first-order valence-corrected chi connectivity index (χ1v) is 9.07. The van der Waals surface area contributed by atoms with E-state index in [1.165, 1.54) is 11.3 Å². The van der Waals surface area contributed by atoms with E-state index in [4.69, 9.17) is 0 Å². The lowest BCUT2D eigenvalue weighted by atomic mass is 9.96. The van der Waals surface area contributed by atoms with E-state index in [1.54, 1.807) is 4.90 Å². The monoisotopic (exact) mass is 358 g/mol. The molecule has 3 rings (SSSR count). The predicted molar refractivity (Wildman–Crippen MR) is 98.9 cm³/mol. The molecule has 0 radical (unpaired) electrons. The van der Waals surface area contributed by atoms with E-state index in [2.05, 4.69) is 15.5 Å². The van der Waals surface area contributed by atoms with Crippen molar-refractivity contribution in [3.63, 3.8) is 0 Å². The van der Waals surface area contributed by atoms with Gasteiger partial charge in [0.2, 0.25) is 16.9 Å². The molecule has 0 spiro atoms. The molecule has 2 amide bonds. The van der Waals surface area contributed by atoms with Crippen LogP contribution >= 0.6 is 11.3 Å². The lowest BCUT2D eigenvalue weighted by Gasteiger charge is -2.16. The van der Waals surface area contributed by atoms with Crippen LogP contribution in [0.4, 0.5) is 10.8 Å². The number of carbonyl (C=O) groups is 2. The molecule has 1 atom stereocenters. The van der Waals surface area contributed by atoms with Gasteiger partial charge in [-0.2, -0.15) is 0 Å². The number of nitrogens with one attached hydrogen (secondary N) is 1. The summed E-state index contributed by atoms with van der Waals surface area (Å²) in [7, 11) is 0. The van der Waals surface area contributed by atoms with Gasteiger partial charge in [0.15, 0.2) is 0 Å². The van der Waals surface area contributed by atoms with Crippen LogP contribution < -0.4 is 10.2 Å². The number of aromatic nitrogens is 2. The molecule has 25 heavy (non-hydrogen) atoms. The SMILES string of the molecule is Cc1ccc(N2CC(c3nnc(NC(=O)C(C)(C)C)s3)CC2=O)cc1. The Morgan fingerprint density at radius 1 is 1.24 bits per heavy atom. The summed E-state index contributed by atoms with van der Waals surface area (Å²) >= 11 is 1.34. The maximum absolute atomic E-state index is 12.4. The maximum Gasteiger partial charge on any atom is 0.231 e. The van der Waals surface area contributed by atoms with E-state index in [0.29, 0.717) is 18.1 Å². The van der Waals surface area contributed by atoms with Crippen LogP contribution in [-0.2, 0) is 9.59 Å². The van der Waals surface area contributed by atoms with Crippen molar-refractivity contribution in [3.8, 4) is 0 Å². The fourth-order valence-electron chi connectivity index (χ4n) is 2.58. The van der Waals surface area contributed by atoms with Crippen molar-refractivity contribution < 1.29 is 9.59 Å². The standard InChI is InChI=1S/C18H22N4O2S/c1-11-5-7-13(8-6-11)22-10-12(9-14(22)23)15-20-21-17(25-15)19-16(24)18(2,3)4/h5-8,12H,9-10H2,1-4H3,(H,19,21,24). The van der Waals surface area contributed by atoms with E-state index in [-0.39, 0.29) is 17.7 Å². The first-order valence-electron chi connectivity index (χ1n) is 8.26. The number of amides is 2. The number of nitrogens with zero attached hydrogens (tertiary/aromatic N) is 3. The normalized spacial score (nSPS) is 17.8. The molecule has 1 N–H and O–H groups in total. The molecule has 1 fully saturated rings. The Labute approximate surface area is 151 Å². The van der Waals surface area contributed by atoms with E-state index in [0.717, 1.165) is 16.3 Å². The van der Waals surface area contributed by atoms with Gasteiger partial charge in [0.25, 0.3) is 0 Å². The third kappa shape index (κ3) is 3.87. The molecule has 1 saturated heterocycles. The molecule has 132 valence electrons. The van der Waals surface area contributed by atoms with Gasteiger partial charge < -0.3 is 10.2 Å². The number of benzene rings is 1. The molecule has 1 aliphatic rings. The summed E-state index contributed by atoms with van der Waals surface area (Å²) in [5.74, 6) is -0.00472. The maximum atomic E-state index is 12.4. The molecular formula is C18H22N4O2S. The summed E-state index contributed by atoms with van der Waals surface area (Å²) in [5, 5.41) is 12.3. The van der Waals surface area contributed by atoms with Crippen LogP contribution in [0, 0.1) is 12.3 Å². The van der Waals surface area contributed by atoms with Crippen molar-refractivity contribution >= 4 is 34.0 Å². The molecule has 2 aromatic rings. The van der Waals surface area contributed by atoms with E-state index in [1.807, 2.05) is 52.0 Å². The lowest BCUT2D eigenvalue weighted by Crippen LogP contribution is -2.27. The molecular weight excluding hydrogens is 336 g/mol. The van der Waals surface area contributed by atoms with Gasteiger partial charge in [0.05, 0.1) is 0 Å². The minimum atomic E-state index is -0.489. The average molecular weight is 358 g/mol. The highest BCUT2D eigenvalue weighted by Crippen LogP contribution is 2.34. The van der Waals surface area contributed by atoms with Gasteiger partial charge in [-0.15, -0.1) is 10.2 Å². The topological polar surface area (TPSA) is 75.2 Å². The van der Waals surface area contributed by atoms with Gasteiger partial charge in [-0.1, -0.05) is 49.8 Å². The second-order valence-electron chi connectivity index (χ2n) is 7.39. The van der Waals surface area contributed by atoms with Crippen molar-refractivity contribution in [2.75, 3.05) is 16.8 Å². The van der Waals surface area contributed by atoms with Crippen molar-refractivity contribution in [2.24, 2.45) is 5.41 Å². The molecule has 2 heterocycles. The number of carbonyl (C=O) groups excluding carboxylic acids is 2. The van der Waals surface area contributed by atoms with Crippen molar-refractivity contribution in [2.45, 2.75) is 40.0 Å². The zero-order chi connectivity index (χ0) is 18.2. The summed E-state index contributed by atoms with van der Waals surface area (Å²) in [5.41, 5.74) is 1.58. The third-order valence-electron chi connectivity index (χ3n) is 4.16. The number of hydrogen-bond donors (Lipinski definition) is 1. The Morgan fingerprint density at radius 2 is 1.92 bits per heavy atom. The minimum Gasteiger partial charge on any atom is -0.312 e. The predicted octanol–water partition coefficient (Wildman–Crippen LogP) is 3.35. The summed E-state index contributed by atoms with van der Waals surface area (Å²) in [4.78, 5) is 26.2. The van der Waals surface area contributed by atoms with Gasteiger partial charge in [0.1, 0.15) is 5.01 Å². The van der Waals surface area contributed by atoms with Crippen LogP contribution in [0.25, 0.3) is 0 Å².